The molecule has 98 valence electrons. The normalized spacial score (nSPS) is 28.6. The smallest absolute Gasteiger partial charge is 0.131 e. The summed E-state index contributed by atoms with van der Waals surface area (Å²) >= 11 is 5.91. The third-order valence-corrected chi connectivity index (χ3v) is 4.71. The molecule has 0 saturated heterocycles. The van der Waals surface area contributed by atoms with Gasteiger partial charge in [-0.05, 0) is 38.3 Å². The van der Waals surface area contributed by atoms with Crippen molar-refractivity contribution >= 4 is 17.3 Å². The lowest BCUT2D eigenvalue weighted by Gasteiger charge is -2.61. The lowest BCUT2D eigenvalue weighted by Crippen LogP contribution is -2.64. The number of pyridine rings is 1. The van der Waals surface area contributed by atoms with E-state index in [1.54, 1.807) is 6.20 Å². The number of ether oxygens (including phenoxy) is 1. The molecule has 1 heterocycles. The molecular weight excluding hydrogens is 248 g/mol. The SMILES string of the molecule is CCOC1CC(Nc2ccnc(Cl)c2)C12CCC2. The Hall–Kier alpha value is -0.800. The molecule has 2 aliphatic carbocycles. The Morgan fingerprint density at radius 2 is 2.39 bits per heavy atom. The van der Waals surface area contributed by atoms with E-state index in [1.165, 1.54) is 19.3 Å². The third kappa shape index (κ3) is 1.90. The van der Waals surface area contributed by atoms with Gasteiger partial charge in [0.2, 0.25) is 0 Å². The van der Waals surface area contributed by atoms with Crippen LogP contribution >= 0.6 is 11.6 Å². The first kappa shape index (κ1) is 12.2. The lowest BCUT2D eigenvalue weighted by atomic mass is 9.51. The average molecular weight is 267 g/mol. The van der Waals surface area contributed by atoms with Gasteiger partial charge >= 0.3 is 0 Å². The summed E-state index contributed by atoms with van der Waals surface area (Å²) in [5.74, 6) is 0. The number of halogens is 1. The molecule has 3 rings (SSSR count). The molecule has 0 bridgehead atoms. The van der Waals surface area contributed by atoms with Crippen LogP contribution in [0.4, 0.5) is 5.69 Å². The molecule has 0 radical (unpaired) electrons. The van der Waals surface area contributed by atoms with Crippen LogP contribution in [0.25, 0.3) is 0 Å². The summed E-state index contributed by atoms with van der Waals surface area (Å²) in [7, 11) is 0. The summed E-state index contributed by atoms with van der Waals surface area (Å²) in [5, 5.41) is 4.14. The molecule has 2 fully saturated rings. The minimum Gasteiger partial charge on any atom is -0.381 e. The van der Waals surface area contributed by atoms with E-state index >= 15 is 0 Å². The van der Waals surface area contributed by atoms with Gasteiger partial charge in [-0.1, -0.05) is 18.0 Å². The summed E-state index contributed by atoms with van der Waals surface area (Å²) < 4.78 is 5.85. The Kier molecular flexibility index (Phi) is 3.20. The highest BCUT2D eigenvalue weighted by molar-refractivity contribution is 6.29. The molecule has 2 atom stereocenters. The van der Waals surface area contributed by atoms with Gasteiger partial charge in [-0.25, -0.2) is 4.98 Å². The van der Waals surface area contributed by atoms with E-state index in [2.05, 4.69) is 17.2 Å². The molecule has 1 aromatic heterocycles. The Labute approximate surface area is 113 Å². The van der Waals surface area contributed by atoms with Crippen LogP contribution in [-0.4, -0.2) is 23.7 Å². The summed E-state index contributed by atoms with van der Waals surface area (Å²) in [5.41, 5.74) is 1.45. The van der Waals surface area contributed by atoms with Crippen molar-refractivity contribution in [2.75, 3.05) is 11.9 Å². The Bertz CT molecular complexity index is 434. The van der Waals surface area contributed by atoms with E-state index in [1.807, 2.05) is 12.1 Å². The van der Waals surface area contributed by atoms with Crippen molar-refractivity contribution in [3.63, 3.8) is 0 Å². The van der Waals surface area contributed by atoms with Crippen LogP contribution in [0.5, 0.6) is 0 Å². The van der Waals surface area contributed by atoms with Crippen LogP contribution in [-0.2, 0) is 4.74 Å². The average Bonchev–Trinajstić information content (AvgIpc) is 2.25. The minimum atomic E-state index is 0.381. The van der Waals surface area contributed by atoms with Crippen LogP contribution in [0.3, 0.4) is 0 Å². The molecule has 2 saturated carbocycles. The first-order valence-electron chi connectivity index (χ1n) is 6.74. The number of hydrogen-bond acceptors (Lipinski definition) is 3. The van der Waals surface area contributed by atoms with Gasteiger partial charge in [-0.3, -0.25) is 0 Å². The van der Waals surface area contributed by atoms with Gasteiger partial charge in [0.15, 0.2) is 0 Å². The van der Waals surface area contributed by atoms with Crippen molar-refractivity contribution in [1.82, 2.24) is 4.98 Å². The molecule has 1 N–H and O–H groups in total. The molecular formula is C14H19ClN2O. The maximum atomic E-state index is 5.91. The zero-order chi connectivity index (χ0) is 12.6. The van der Waals surface area contributed by atoms with Gasteiger partial charge in [0.1, 0.15) is 5.15 Å². The second-order valence-corrected chi connectivity index (χ2v) is 5.72. The first-order valence-corrected chi connectivity index (χ1v) is 7.12. The van der Waals surface area contributed by atoms with Crippen molar-refractivity contribution in [3.05, 3.63) is 23.5 Å². The zero-order valence-electron chi connectivity index (χ0n) is 10.7. The highest BCUT2D eigenvalue weighted by atomic mass is 35.5. The maximum absolute atomic E-state index is 5.91. The molecule has 0 aromatic carbocycles. The number of hydrogen-bond donors (Lipinski definition) is 1. The number of rotatable bonds is 4. The zero-order valence-corrected chi connectivity index (χ0v) is 11.4. The fraction of sp³-hybridized carbons (Fsp3) is 0.643. The van der Waals surface area contributed by atoms with Gasteiger partial charge in [-0.2, -0.15) is 0 Å². The van der Waals surface area contributed by atoms with Crippen LogP contribution in [0.15, 0.2) is 18.3 Å². The molecule has 18 heavy (non-hydrogen) atoms. The molecule has 1 spiro atoms. The van der Waals surface area contributed by atoms with Gasteiger partial charge in [0.05, 0.1) is 6.10 Å². The second kappa shape index (κ2) is 4.71. The number of aromatic nitrogens is 1. The van der Waals surface area contributed by atoms with Crippen molar-refractivity contribution in [3.8, 4) is 0 Å². The van der Waals surface area contributed by atoms with Gasteiger partial charge in [-0.15, -0.1) is 0 Å². The van der Waals surface area contributed by atoms with Crippen molar-refractivity contribution in [2.24, 2.45) is 5.41 Å². The Morgan fingerprint density at radius 1 is 1.56 bits per heavy atom. The van der Waals surface area contributed by atoms with Gasteiger partial charge in [0, 0.05) is 29.9 Å². The minimum absolute atomic E-state index is 0.381. The fourth-order valence-corrected chi connectivity index (χ4v) is 3.51. The summed E-state index contributed by atoms with van der Waals surface area (Å²) in [6, 6.07) is 4.40. The van der Waals surface area contributed by atoms with Crippen LogP contribution < -0.4 is 5.32 Å². The quantitative estimate of drug-likeness (QED) is 0.847. The highest BCUT2D eigenvalue weighted by Gasteiger charge is 2.58. The fourth-order valence-electron chi connectivity index (χ4n) is 3.33. The monoisotopic (exact) mass is 266 g/mol. The van der Waals surface area contributed by atoms with Crippen molar-refractivity contribution in [2.45, 2.75) is 44.8 Å². The van der Waals surface area contributed by atoms with Crippen LogP contribution in [0.1, 0.15) is 32.6 Å². The summed E-state index contributed by atoms with van der Waals surface area (Å²) in [6.45, 7) is 2.90. The summed E-state index contributed by atoms with van der Waals surface area (Å²) in [6.07, 6.45) is 7.21. The maximum Gasteiger partial charge on any atom is 0.131 e. The van der Waals surface area contributed by atoms with Crippen molar-refractivity contribution < 1.29 is 4.74 Å². The Balaban J connectivity index is 1.68. The van der Waals surface area contributed by atoms with E-state index in [0.29, 0.717) is 22.7 Å². The molecule has 1 aromatic rings. The predicted octanol–water partition coefficient (Wildman–Crippen LogP) is 3.49. The molecule has 2 unspecified atom stereocenters. The lowest BCUT2D eigenvalue weighted by molar-refractivity contribution is -0.157. The Morgan fingerprint density at radius 3 is 3.00 bits per heavy atom. The van der Waals surface area contributed by atoms with Gasteiger partial charge < -0.3 is 10.1 Å². The third-order valence-electron chi connectivity index (χ3n) is 4.50. The number of anilines is 1. The summed E-state index contributed by atoms with van der Waals surface area (Å²) in [4.78, 5) is 4.01. The second-order valence-electron chi connectivity index (χ2n) is 5.33. The topological polar surface area (TPSA) is 34.1 Å². The van der Waals surface area contributed by atoms with Crippen molar-refractivity contribution in [1.29, 1.82) is 0 Å². The van der Waals surface area contributed by atoms with Crippen LogP contribution in [0, 0.1) is 5.41 Å². The number of nitrogens with one attached hydrogen (secondary N) is 1. The molecule has 2 aliphatic rings. The predicted molar refractivity (Wildman–Crippen MR) is 73.0 cm³/mol. The van der Waals surface area contributed by atoms with Crippen LogP contribution in [0.2, 0.25) is 5.15 Å². The molecule has 4 heteroatoms. The number of nitrogens with zero attached hydrogens (tertiary/aromatic N) is 1. The molecule has 3 nitrogen and oxygen atoms in total. The molecule has 0 amide bonds. The van der Waals surface area contributed by atoms with E-state index in [-0.39, 0.29) is 0 Å². The van der Waals surface area contributed by atoms with E-state index in [4.69, 9.17) is 16.3 Å². The first-order chi connectivity index (χ1) is 8.74. The highest BCUT2D eigenvalue weighted by Crippen LogP contribution is 2.58. The van der Waals surface area contributed by atoms with E-state index in [9.17, 15) is 0 Å². The largest absolute Gasteiger partial charge is 0.381 e. The van der Waals surface area contributed by atoms with Gasteiger partial charge in [0.25, 0.3) is 0 Å². The van der Waals surface area contributed by atoms with E-state index in [0.717, 1.165) is 18.7 Å². The molecule has 0 aliphatic heterocycles. The standard InChI is InChI=1S/C14H19ClN2O/c1-2-18-12-9-11(14(12)5-3-6-14)17-10-4-7-16-13(15)8-10/h4,7-8,11-12H,2-3,5-6,9H2,1H3,(H,16,17). The van der Waals surface area contributed by atoms with E-state index < -0.39 is 0 Å².